The largest absolute Gasteiger partial charge is 0.508 e. The molecule has 0 radical (unpaired) electrons. The Labute approximate surface area is 498 Å². The van der Waals surface area contributed by atoms with Gasteiger partial charge in [-0.1, -0.05) is 113 Å². The van der Waals surface area contributed by atoms with E-state index in [1.165, 1.54) is 37.3 Å². The highest BCUT2D eigenvalue weighted by atomic mass is 16.3. The van der Waals surface area contributed by atoms with Gasteiger partial charge in [0.05, 0.1) is 19.3 Å². The molecule has 0 aliphatic carbocycles. The fourth-order valence-electron chi connectivity index (χ4n) is 9.87. The Morgan fingerprint density at radius 3 is 1.67 bits per heavy atom. The Balaban J connectivity index is 2.17. The second kappa shape index (κ2) is 36.0. The number of allylic oxidation sites excluding steroid dienone is 1. The van der Waals surface area contributed by atoms with Gasteiger partial charge in [-0.05, 0) is 74.0 Å². The molecule has 2 saturated heterocycles. The lowest BCUT2D eigenvalue weighted by molar-refractivity contribution is -0.139. The SMILES string of the molecule is C/C=C1/NC(=O)[C@H](CO)NC(=O)C[C@@H](CCCCC)NC(=O)CNC(=O)[C@H](CC(C)C)NC(=O)[C@H]([C@@H](C)CC)NC(=O)[C@H]([C@@H](C)CC)NC(=O)[C@@H](CC(C)C)NC(=O)[C@@H](Cc2ccc(O)cc2)NC(=O)[C@H](CCO)NC(=O)[C@@H]2C[C@@H](O)CN2C1=O. The summed E-state index contributed by atoms with van der Waals surface area (Å²) < 4.78 is 0. The lowest BCUT2D eigenvalue weighted by Crippen LogP contribution is -2.62. The fourth-order valence-corrected chi connectivity index (χ4v) is 9.87. The minimum atomic E-state index is -1.63. The van der Waals surface area contributed by atoms with Gasteiger partial charge in [-0.25, -0.2) is 0 Å². The van der Waals surface area contributed by atoms with E-state index >= 15 is 0 Å². The molecule has 12 atom stereocenters. The van der Waals surface area contributed by atoms with Crippen molar-refractivity contribution in [2.45, 2.75) is 207 Å². The van der Waals surface area contributed by atoms with Crippen molar-refractivity contribution in [3.63, 3.8) is 0 Å². The molecule has 26 heteroatoms. The molecule has 0 aromatic heterocycles. The van der Waals surface area contributed by atoms with Crippen molar-refractivity contribution in [1.82, 2.24) is 58.1 Å². The molecule has 2 aliphatic heterocycles. The second-order valence-electron chi connectivity index (χ2n) is 23.2. The zero-order valence-electron chi connectivity index (χ0n) is 51.0. The Kier molecular flexibility index (Phi) is 30.5. The van der Waals surface area contributed by atoms with Crippen LogP contribution in [0.15, 0.2) is 36.0 Å². The molecule has 26 nitrogen and oxygen atoms in total. The number of aromatic hydroxyl groups is 1. The number of aliphatic hydroxyl groups excluding tert-OH is 3. The number of phenolic OH excluding ortho intramolecular Hbond substituents is 1. The van der Waals surface area contributed by atoms with Crippen LogP contribution in [-0.2, 0) is 59.2 Å². The predicted octanol–water partition coefficient (Wildman–Crippen LogP) is -0.546. The van der Waals surface area contributed by atoms with Gasteiger partial charge in [0.25, 0.3) is 5.91 Å². The van der Waals surface area contributed by atoms with Gasteiger partial charge in [-0.15, -0.1) is 0 Å². The first kappa shape index (κ1) is 72.1. The van der Waals surface area contributed by atoms with Crippen molar-refractivity contribution < 1.29 is 73.2 Å². The molecule has 85 heavy (non-hydrogen) atoms. The van der Waals surface area contributed by atoms with Gasteiger partial charge in [0.1, 0.15) is 59.8 Å². The van der Waals surface area contributed by atoms with E-state index in [2.05, 4.69) is 53.2 Å². The molecule has 2 aliphatic rings. The molecule has 2 heterocycles. The molecule has 0 bridgehead atoms. The molecular formula is C59H95N11O15. The van der Waals surface area contributed by atoms with E-state index in [0.717, 1.165) is 17.7 Å². The first-order chi connectivity index (χ1) is 40.2. The van der Waals surface area contributed by atoms with Gasteiger partial charge in [0.15, 0.2) is 0 Å². The number of nitrogens with one attached hydrogen (secondary N) is 10. The summed E-state index contributed by atoms with van der Waals surface area (Å²) in [6.45, 7) is 15.1. The molecule has 3 rings (SSSR count). The Morgan fingerprint density at radius 2 is 1.12 bits per heavy atom. The lowest BCUT2D eigenvalue weighted by atomic mass is 9.93. The molecule has 476 valence electrons. The molecule has 11 amide bonds. The minimum Gasteiger partial charge on any atom is -0.508 e. The molecule has 0 saturated carbocycles. The van der Waals surface area contributed by atoms with E-state index < -0.39 is 176 Å². The van der Waals surface area contributed by atoms with Crippen LogP contribution in [0.4, 0.5) is 0 Å². The Morgan fingerprint density at radius 1 is 0.588 bits per heavy atom. The summed E-state index contributed by atoms with van der Waals surface area (Å²) in [5, 5.41) is 67.7. The van der Waals surface area contributed by atoms with E-state index in [9.17, 15) is 73.2 Å². The van der Waals surface area contributed by atoms with Crippen molar-refractivity contribution in [3.8, 4) is 5.75 Å². The van der Waals surface area contributed by atoms with Gasteiger partial charge in [0.2, 0.25) is 59.1 Å². The zero-order valence-corrected chi connectivity index (χ0v) is 51.0. The lowest BCUT2D eigenvalue weighted by Gasteiger charge is -2.31. The number of fused-ring (bicyclic) bond motifs is 1. The van der Waals surface area contributed by atoms with Crippen LogP contribution in [0.3, 0.4) is 0 Å². The van der Waals surface area contributed by atoms with E-state index in [1.54, 1.807) is 41.5 Å². The van der Waals surface area contributed by atoms with Crippen LogP contribution in [0, 0.1) is 23.7 Å². The third-order valence-corrected chi connectivity index (χ3v) is 15.2. The summed E-state index contributed by atoms with van der Waals surface area (Å²) in [4.78, 5) is 156. The molecular weight excluding hydrogens is 1100 g/mol. The summed E-state index contributed by atoms with van der Waals surface area (Å²) in [5.74, 6) is -10.7. The normalized spacial score (nSPS) is 27.0. The smallest absolute Gasteiger partial charge is 0.270 e. The molecule has 0 unspecified atom stereocenters. The number of amides is 11. The number of hydrogen-bond donors (Lipinski definition) is 14. The minimum absolute atomic E-state index is 0.0353. The van der Waals surface area contributed by atoms with E-state index in [1.807, 2.05) is 20.8 Å². The van der Waals surface area contributed by atoms with Crippen LogP contribution in [0.25, 0.3) is 0 Å². The number of aliphatic hydroxyl groups is 3. The zero-order chi connectivity index (χ0) is 63.7. The van der Waals surface area contributed by atoms with E-state index in [4.69, 9.17) is 0 Å². The van der Waals surface area contributed by atoms with Crippen molar-refractivity contribution in [3.05, 3.63) is 41.6 Å². The van der Waals surface area contributed by atoms with E-state index in [-0.39, 0.29) is 49.7 Å². The van der Waals surface area contributed by atoms with Crippen molar-refractivity contribution in [1.29, 1.82) is 0 Å². The van der Waals surface area contributed by atoms with Gasteiger partial charge >= 0.3 is 0 Å². The monoisotopic (exact) mass is 1200 g/mol. The van der Waals surface area contributed by atoms with Crippen LogP contribution < -0.4 is 53.2 Å². The number of carbonyl (C=O) groups excluding carboxylic acids is 11. The first-order valence-corrected chi connectivity index (χ1v) is 29.8. The highest BCUT2D eigenvalue weighted by Crippen LogP contribution is 2.22. The molecule has 1 aromatic rings. The maximum absolute atomic E-state index is 14.6. The summed E-state index contributed by atoms with van der Waals surface area (Å²) in [5.41, 5.74) is 0.0343. The number of phenols is 1. The summed E-state index contributed by atoms with van der Waals surface area (Å²) in [6, 6.07) is -6.26. The van der Waals surface area contributed by atoms with Gasteiger partial charge in [-0.2, -0.15) is 0 Å². The number of hydrogen-bond acceptors (Lipinski definition) is 15. The standard InChI is InChI=1S/C59H95N11O15/c1-11-15-16-17-37-27-47(75)62-45(31-72)55(81)63-40(14-4)59(85)70-30-39(74)28-46(70)56(82)64-41(22-23-71)52(78)66-44(26-36-18-20-38(73)21-19-36)53(79)65-43(25-33(7)8)54(80)68-50(35(10)13-3)58(84)69-49(34(9)12-2)57(83)67-42(24-32(5)6)51(77)60-29-48(76)61-37/h14,18-21,32-35,37,39,41-46,49-50,71-74H,11-13,15-17,22-31H2,1-10H3,(H,60,77)(H,61,76)(H,62,75)(H,63,81)(H,64,82)(H,65,79)(H,66,78)(H,67,83)(H,68,80)(H,69,84)/b40-14+/t34-,35-,37+,39+,41-,42-,43+,44+,45-,46-,49-,50-/m0/s1. The maximum atomic E-state index is 14.6. The highest BCUT2D eigenvalue weighted by Gasteiger charge is 2.42. The number of benzene rings is 1. The Bertz CT molecular complexity index is 2480. The summed E-state index contributed by atoms with van der Waals surface area (Å²) in [6.07, 6.45) is 1.95. The van der Waals surface area contributed by atoms with Gasteiger partial charge < -0.3 is 78.5 Å². The highest BCUT2D eigenvalue weighted by molar-refractivity contribution is 6.02. The molecule has 2 fully saturated rings. The quantitative estimate of drug-likeness (QED) is 0.0688. The number of rotatable bonds is 17. The number of nitrogens with zero attached hydrogens (tertiary/aromatic N) is 1. The van der Waals surface area contributed by atoms with Crippen LogP contribution in [-0.4, -0.2) is 177 Å². The third kappa shape index (κ3) is 23.3. The first-order valence-electron chi connectivity index (χ1n) is 29.8. The van der Waals surface area contributed by atoms with E-state index in [0.29, 0.717) is 31.2 Å². The number of unbranched alkanes of at least 4 members (excludes halogenated alkanes) is 2. The predicted molar refractivity (Wildman–Crippen MR) is 314 cm³/mol. The molecule has 1 aromatic carbocycles. The number of carbonyl (C=O) groups is 11. The van der Waals surface area contributed by atoms with Crippen molar-refractivity contribution in [2.75, 3.05) is 26.3 Å². The molecule has 14 N–H and O–H groups in total. The maximum Gasteiger partial charge on any atom is 0.270 e. The molecule has 0 spiro atoms. The average molecular weight is 1200 g/mol. The van der Waals surface area contributed by atoms with Crippen molar-refractivity contribution in [2.24, 2.45) is 23.7 Å². The fraction of sp³-hybridized carbons (Fsp3) is 0.678. The third-order valence-electron chi connectivity index (χ3n) is 15.2. The Hall–Kier alpha value is -7.19. The average Bonchev–Trinajstić information content (AvgIpc) is 3.89. The van der Waals surface area contributed by atoms with Crippen LogP contribution in [0.2, 0.25) is 0 Å². The topological polar surface area (TPSA) is 392 Å². The van der Waals surface area contributed by atoms with Crippen LogP contribution in [0.5, 0.6) is 5.75 Å². The second-order valence-corrected chi connectivity index (χ2v) is 23.2. The van der Waals surface area contributed by atoms with Gasteiger partial charge in [-0.3, -0.25) is 52.7 Å². The van der Waals surface area contributed by atoms with Crippen LogP contribution >= 0.6 is 0 Å². The summed E-state index contributed by atoms with van der Waals surface area (Å²) >= 11 is 0. The van der Waals surface area contributed by atoms with Crippen LogP contribution in [0.1, 0.15) is 145 Å². The van der Waals surface area contributed by atoms with Gasteiger partial charge in [0, 0.05) is 38.5 Å². The summed E-state index contributed by atoms with van der Waals surface area (Å²) in [7, 11) is 0. The van der Waals surface area contributed by atoms with Crippen molar-refractivity contribution >= 4 is 65.0 Å².